The van der Waals surface area contributed by atoms with Gasteiger partial charge in [-0.05, 0) is 36.8 Å². The molecule has 0 aliphatic rings. The van der Waals surface area contributed by atoms with Crippen LogP contribution in [0, 0.1) is 0 Å². The first kappa shape index (κ1) is 15.7. The van der Waals surface area contributed by atoms with Gasteiger partial charge in [-0.3, -0.25) is 4.79 Å². The standard InChI is InChI=1S/C16H15Cl2NO2/c1-11(14-7-2-3-8-15(14)18)19-16(20)10-21-13-6-4-5-12(17)9-13/h2-9,11H,10H2,1H3,(H,19,20)/t11-/m1/s1. The highest BCUT2D eigenvalue weighted by Gasteiger charge is 2.12. The van der Waals surface area contributed by atoms with E-state index in [1.165, 1.54) is 0 Å². The molecule has 1 N–H and O–H groups in total. The van der Waals surface area contributed by atoms with Gasteiger partial charge in [0, 0.05) is 10.0 Å². The average Bonchev–Trinajstić information content (AvgIpc) is 2.45. The maximum Gasteiger partial charge on any atom is 0.258 e. The minimum absolute atomic E-state index is 0.0743. The summed E-state index contributed by atoms with van der Waals surface area (Å²) in [6.45, 7) is 1.80. The number of ether oxygens (including phenoxy) is 1. The maximum atomic E-state index is 11.9. The van der Waals surface area contributed by atoms with Crippen molar-refractivity contribution in [3.05, 3.63) is 64.1 Å². The van der Waals surface area contributed by atoms with Crippen molar-refractivity contribution < 1.29 is 9.53 Å². The predicted octanol–water partition coefficient (Wildman–Crippen LogP) is 4.25. The second kappa shape index (κ2) is 7.34. The van der Waals surface area contributed by atoms with Gasteiger partial charge in [-0.1, -0.05) is 47.5 Å². The molecule has 0 radical (unpaired) electrons. The number of halogens is 2. The van der Waals surface area contributed by atoms with Crippen molar-refractivity contribution in [3.8, 4) is 5.75 Å². The lowest BCUT2D eigenvalue weighted by Gasteiger charge is -2.16. The van der Waals surface area contributed by atoms with Gasteiger partial charge in [0.1, 0.15) is 5.75 Å². The number of rotatable bonds is 5. The van der Waals surface area contributed by atoms with Crippen LogP contribution in [-0.4, -0.2) is 12.5 Å². The minimum atomic E-state index is -0.220. The van der Waals surface area contributed by atoms with Crippen LogP contribution < -0.4 is 10.1 Å². The van der Waals surface area contributed by atoms with E-state index in [9.17, 15) is 4.79 Å². The Kier molecular flexibility index (Phi) is 5.48. The van der Waals surface area contributed by atoms with E-state index in [1.807, 2.05) is 25.1 Å². The van der Waals surface area contributed by atoms with Crippen LogP contribution in [0.1, 0.15) is 18.5 Å². The zero-order valence-corrected chi connectivity index (χ0v) is 13.0. The first-order chi connectivity index (χ1) is 10.1. The van der Waals surface area contributed by atoms with Gasteiger partial charge in [0.05, 0.1) is 6.04 Å². The third kappa shape index (κ3) is 4.66. The van der Waals surface area contributed by atoms with Crippen molar-refractivity contribution in [2.45, 2.75) is 13.0 Å². The van der Waals surface area contributed by atoms with Crippen LogP contribution in [0.25, 0.3) is 0 Å². The molecule has 21 heavy (non-hydrogen) atoms. The van der Waals surface area contributed by atoms with Crippen LogP contribution in [0.3, 0.4) is 0 Å². The van der Waals surface area contributed by atoms with Gasteiger partial charge >= 0.3 is 0 Å². The molecule has 2 aromatic carbocycles. The van der Waals surface area contributed by atoms with Crippen LogP contribution in [0.2, 0.25) is 10.0 Å². The molecule has 110 valence electrons. The Labute approximate surface area is 133 Å². The zero-order valence-electron chi connectivity index (χ0n) is 11.5. The molecule has 2 aromatic rings. The summed E-state index contributed by atoms with van der Waals surface area (Å²) < 4.78 is 5.39. The SMILES string of the molecule is C[C@@H](NC(=O)COc1cccc(Cl)c1)c1ccccc1Cl. The summed E-state index contributed by atoms with van der Waals surface area (Å²) in [4.78, 5) is 11.9. The molecule has 0 aromatic heterocycles. The van der Waals surface area contributed by atoms with Crippen molar-refractivity contribution in [1.29, 1.82) is 0 Å². The van der Waals surface area contributed by atoms with E-state index >= 15 is 0 Å². The average molecular weight is 324 g/mol. The van der Waals surface area contributed by atoms with E-state index in [4.69, 9.17) is 27.9 Å². The summed E-state index contributed by atoms with van der Waals surface area (Å²) in [5.74, 6) is 0.338. The molecule has 0 aliphatic heterocycles. The van der Waals surface area contributed by atoms with E-state index < -0.39 is 0 Å². The molecule has 0 aliphatic carbocycles. The van der Waals surface area contributed by atoms with Gasteiger partial charge < -0.3 is 10.1 Å². The van der Waals surface area contributed by atoms with E-state index in [2.05, 4.69) is 5.32 Å². The van der Waals surface area contributed by atoms with Gasteiger partial charge in [0.15, 0.2) is 6.61 Å². The number of carbonyl (C=O) groups excluding carboxylic acids is 1. The Balaban J connectivity index is 1.89. The van der Waals surface area contributed by atoms with E-state index in [0.717, 1.165) is 5.56 Å². The molecule has 0 bridgehead atoms. The highest BCUT2D eigenvalue weighted by molar-refractivity contribution is 6.31. The number of benzene rings is 2. The smallest absolute Gasteiger partial charge is 0.258 e. The van der Waals surface area contributed by atoms with Gasteiger partial charge in [-0.2, -0.15) is 0 Å². The monoisotopic (exact) mass is 323 g/mol. The van der Waals surface area contributed by atoms with Crippen molar-refractivity contribution in [2.75, 3.05) is 6.61 Å². The van der Waals surface area contributed by atoms with Crippen molar-refractivity contribution >= 4 is 29.1 Å². The first-order valence-corrected chi connectivity index (χ1v) is 7.24. The molecule has 0 heterocycles. The van der Waals surface area contributed by atoms with Gasteiger partial charge in [0.25, 0.3) is 5.91 Å². The van der Waals surface area contributed by atoms with E-state index in [1.54, 1.807) is 30.3 Å². The Morgan fingerprint density at radius 3 is 2.67 bits per heavy atom. The summed E-state index contributed by atoms with van der Waals surface area (Å²) in [5.41, 5.74) is 0.871. The van der Waals surface area contributed by atoms with Gasteiger partial charge in [-0.15, -0.1) is 0 Å². The second-order valence-corrected chi connectivity index (χ2v) is 5.40. The number of hydrogen-bond acceptors (Lipinski definition) is 2. The molecule has 0 saturated heterocycles. The number of carbonyl (C=O) groups is 1. The van der Waals surface area contributed by atoms with Crippen LogP contribution in [0.15, 0.2) is 48.5 Å². The summed E-state index contributed by atoms with van der Waals surface area (Å²) in [6, 6.07) is 14.1. The zero-order chi connectivity index (χ0) is 15.2. The summed E-state index contributed by atoms with van der Waals surface area (Å²) in [6.07, 6.45) is 0. The summed E-state index contributed by atoms with van der Waals surface area (Å²) >= 11 is 11.9. The molecule has 0 unspecified atom stereocenters. The largest absolute Gasteiger partial charge is 0.484 e. The lowest BCUT2D eigenvalue weighted by Crippen LogP contribution is -2.31. The molecular formula is C16H15Cl2NO2. The fourth-order valence-electron chi connectivity index (χ4n) is 1.89. The number of nitrogens with one attached hydrogen (secondary N) is 1. The molecule has 2 rings (SSSR count). The molecule has 0 spiro atoms. The topological polar surface area (TPSA) is 38.3 Å². The first-order valence-electron chi connectivity index (χ1n) is 6.48. The minimum Gasteiger partial charge on any atom is -0.484 e. The predicted molar refractivity (Wildman–Crippen MR) is 85.0 cm³/mol. The quantitative estimate of drug-likeness (QED) is 0.893. The summed E-state index contributed by atoms with van der Waals surface area (Å²) in [5, 5.41) is 4.03. The van der Waals surface area contributed by atoms with E-state index in [0.29, 0.717) is 15.8 Å². The molecule has 1 atom stereocenters. The van der Waals surface area contributed by atoms with Gasteiger partial charge in [0.2, 0.25) is 0 Å². The fourth-order valence-corrected chi connectivity index (χ4v) is 2.37. The van der Waals surface area contributed by atoms with Crippen LogP contribution in [0.5, 0.6) is 5.75 Å². The highest BCUT2D eigenvalue weighted by Crippen LogP contribution is 2.22. The third-order valence-electron chi connectivity index (χ3n) is 2.92. The second-order valence-electron chi connectivity index (χ2n) is 4.56. The number of hydrogen-bond donors (Lipinski definition) is 1. The molecule has 3 nitrogen and oxygen atoms in total. The maximum absolute atomic E-state index is 11.9. The Hall–Kier alpha value is -1.71. The Morgan fingerprint density at radius 1 is 1.19 bits per heavy atom. The lowest BCUT2D eigenvalue weighted by molar-refractivity contribution is -0.123. The lowest BCUT2D eigenvalue weighted by atomic mass is 10.1. The van der Waals surface area contributed by atoms with E-state index in [-0.39, 0.29) is 18.6 Å². The molecule has 5 heteroatoms. The Morgan fingerprint density at radius 2 is 1.95 bits per heavy atom. The number of amides is 1. The van der Waals surface area contributed by atoms with Crippen molar-refractivity contribution in [2.24, 2.45) is 0 Å². The van der Waals surface area contributed by atoms with Crippen LogP contribution >= 0.6 is 23.2 Å². The van der Waals surface area contributed by atoms with Crippen molar-refractivity contribution in [3.63, 3.8) is 0 Å². The normalized spacial score (nSPS) is 11.8. The molecule has 0 saturated carbocycles. The van der Waals surface area contributed by atoms with Crippen LogP contribution in [0.4, 0.5) is 0 Å². The molecular weight excluding hydrogens is 309 g/mol. The summed E-state index contributed by atoms with van der Waals surface area (Å²) in [7, 11) is 0. The molecule has 0 fully saturated rings. The Bertz CT molecular complexity index is 631. The highest BCUT2D eigenvalue weighted by atomic mass is 35.5. The van der Waals surface area contributed by atoms with Gasteiger partial charge in [-0.25, -0.2) is 0 Å². The fraction of sp³-hybridized carbons (Fsp3) is 0.188. The van der Waals surface area contributed by atoms with Crippen LogP contribution in [-0.2, 0) is 4.79 Å². The third-order valence-corrected chi connectivity index (χ3v) is 3.49. The molecule has 1 amide bonds. The van der Waals surface area contributed by atoms with Crippen molar-refractivity contribution in [1.82, 2.24) is 5.32 Å².